The van der Waals surface area contributed by atoms with Crippen molar-refractivity contribution in [3.8, 4) is 5.75 Å². The van der Waals surface area contributed by atoms with E-state index in [2.05, 4.69) is 34.2 Å². The minimum Gasteiger partial charge on any atom is -0.489 e. The normalized spacial score (nSPS) is 17.0. The number of aromatic nitrogens is 2. The fourth-order valence-electron chi connectivity index (χ4n) is 3.36. The second-order valence-electron chi connectivity index (χ2n) is 6.94. The van der Waals surface area contributed by atoms with Crippen molar-refractivity contribution in [1.82, 2.24) is 9.55 Å². The zero-order chi connectivity index (χ0) is 20.1. The summed E-state index contributed by atoms with van der Waals surface area (Å²) < 4.78 is 13.4. The van der Waals surface area contributed by atoms with Gasteiger partial charge in [0.25, 0.3) is 0 Å². The Bertz CT molecular complexity index is 970. The van der Waals surface area contributed by atoms with Gasteiger partial charge in [0, 0.05) is 30.9 Å². The summed E-state index contributed by atoms with van der Waals surface area (Å²) in [5, 5.41) is 0.660. The quantitative estimate of drug-likeness (QED) is 0.296. The van der Waals surface area contributed by atoms with E-state index in [-0.39, 0.29) is 24.0 Å². The highest BCUT2D eigenvalue weighted by molar-refractivity contribution is 14.0. The molecule has 1 fully saturated rings. The van der Waals surface area contributed by atoms with Gasteiger partial charge < -0.3 is 19.8 Å². The summed E-state index contributed by atoms with van der Waals surface area (Å²) >= 11 is 0. The van der Waals surface area contributed by atoms with Crippen LogP contribution in [0.3, 0.4) is 0 Å². The maximum atomic E-state index is 6.60. The van der Waals surface area contributed by atoms with E-state index < -0.39 is 10.0 Å². The number of hydrogen-bond acceptors (Lipinski definition) is 4. The number of aryl methyl sites for hydroxylation is 1. The van der Waals surface area contributed by atoms with Crippen LogP contribution in [-0.2, 0) is 18.4 Å². The van der Waals surface area contributed by atoms with Gasteiger partial charge in [-0.05, 0) is 34.7 Å². The molecule has 160 valence electrons. The first-order chi connectivity index (χ1) is 14.2. The van der Waals surface area contributed by atoms with E-state index in [1.165, 1.54) is 4.90 Å². The van der Waals surface area contributed by atoms with E-state index in [1.54, 1.807) is 6.20 Å². The molecule has 2 aromatic carbocycles. The van der Waals surface area contributed by atoms with E-state index in [0.717, 1.165) is 22.8 Å². The minimum atomic E-state index is -1.44. The third-order valence-electron chi connectivity index (χ3n) is 5.08. The molecule has 0 amide bonds. The first-order valence-electron chi connectivity index (χ1n) is 9.62. The molecule has 30 heavy (non-hydrogen) atoms. The first-order valence-corrected chi connectivity index (χ1v) is 11.6. The van der Waals surface area contributed by atoms with Crippen molar-refractivity contribution in [3.63, 3.8) is 0 Å². The molecule has 2 N–H and O–H groups in total. The zero-order valence-electron chi connectivity index (χ0n) is 16.9. The Morgan fingerprint density at radius 3 is 2.47 bits per heavy atom. The van der Waals surface area contributed by atoms with Crippen LogP contribution in [0.1, 0.15) is 5.56 Å². The molecule has 3 aromatic rings. The predicted octanol–water partition coefficient (Wildman–Crippen LogP) is 4.46. The van der Waals surface area contributed by atoms with Crippen molar-refractivity contribution in [2.75, 3.05) is 24.7 Å². The first kappa shape index (κ1) is 22.6. The number of ether oxygens (including phenoxy) is 2. The third kappa shape index (κ3) is 4.98. The molecule has 1 aliphatic rings. The summed E-state index contributed by atoms with van der Waals surface area (Å²) in [6.45, 7) is 1.94. The van der Waals surface area contributed by atoms with Crippen molar-refractivity contribution in [2.45, 2.75) is 11.5 Å². The summed E-state index contributed by atoms with van der Waals surface area (Å²) in [6, 6.07) is 18.5. The highest BCUT2D eigenvalue weighted by Crippen LogP contribution is 2.57. The predicted molar refractivity (Wildman–Crippen MR) is 134 cm³/mol. The van der Waals surface area contributed by atoms with Crippen LogP contribution in [0.15, 0.2) is 76.9 Å². The van der Waals surface area contributed by atoms with E-state index in [1.807, 2.05) is 48.1 Å². The van der Waals surface area contributed by atoms with Gasteiger partial charge in [-0.2, -0.15) is 15.0 Å². The summed E-state index contributed by atoms with van der Waals surface area (Å²) in [4.78, 5) is 10.2. The molecule has 6 nitrogen and oxygen atoms in total. The lowest BCUT2D eigenvalue weighted by atomic mass is 10.2. The highest BCUT2D eigenvalue weighted by atomic mass is 127. The molecule has 1 aromatic heterocycles. The molecule has 2 heterocycles. The molecule has 0 unspecified atom stereocenters. The van der Waals surface area contributed by atoms with Gasteiger partial charge in [-0.25, -0.2) is 4.98 Å². The van der Waals surface area contributed by atoms with Gasteiger partial charge in [-0.15, -0.1) is 24.0 Å². The number of nitrogens with zero attached hydrogens (tertiary/aromatic N) is 3. The van der Waals surface area contributed by atoms with Crippen molar-refractivity contribution in [3.05, 3.63) is 72.6 Å². The Morgan fingerprint density at radius 1 is 1.13 bits per heavy atom. The molecular formula is C22H27IN4O2S. The van der Waals surface area contributed by atoms with Crippen LogP contribution in [0, 0.1) is 0 Å². The second kappa shape index (κ2) is 10.3. The fraction of sp³-hybridized carbons (Fsp3) is 0.273. The largest absolute Gasteiger partial charge is 0.489 e. The standard InChI is InChI=1S/C22H26N4O2S.HI/c1-26-12-11-24-22(26)25-21(23)29(15-13-27-14-16-29)20-9-7-19(8-10-20)28-17-18-5-3-2-4-6-18;/h2-12H,13-17H2,1H3,(H2,23,24,25);1H. The Kier molecular flexibility index (Phi) is 7.79. The monoisotopic (exact) mass is 538 g/mol. The number of halogens is 1. The molecule has 0 saturated carbocycles. The minimum absolute atomic E-state index is 0. The van der Waals surface area contributed by atoms with E-state index in [4.69, 9.17) is 15.2 Å². The Labute approximate surface area is 195 Å². The molecule has 1 saturated heterocycles. The molecule has 0 atom stereocenters. The summed E-state index contributed by atoms with van der Waals surface area (Å²) in [5.74, 6) is 3.22. The topological polar surface area (TPSA) is 74.7 Å². The lowest BCUT2D eigenvalue weighted by molar-refractivity contribution is 0.159. The van der Waals surface area contributed by atoms with Gasteiger partial charge in [0.2, 0.25) is 5.95 Å². The lowest BCUT2D eigenvalue weighted by Crippen LogP contribution is -2.33. The maximum absolute atomic E-state index is 6.60. The van der Waals surface area contributed by atoms with Gasteiger partial charge in [0.05, 0.1) is 13.2 Å². The molecule has 8 heteroatoms. The fourth-order valence-corrected chi connectivity index (χ4v) is 6.41. The van der Waals surface area contributed by atoms with Crippen molar-refractivity contribution < 1.29 is 9.47 Å². The van der Waals surface area contributed by atoms with Crippen LogP contribution >= 0.6 is 34.0 Å². The van der Waals surface area contributed by atoms with Gasteiger partial charge in [0.1, 0.15) is 17.5 Å². The summed E-state index contributed by atoms with van der Waals surface area (Å²) in [5.41, 5.74) is 7.74. The van der Waals surface area contributed by atoms with Crippen LogP contribution < -0.4 is 10.5 Å². The van der Waals surface area contributed by atoms with Crippen LogP contribution in [0.25, 0.3) is 0 Å². The number of aliphatic imine (C=N–C) groups is 1. The molecule has 1 aliphatic heterocycles. The van der Waals surface area contributed by atoms with Crippen LogP contribution in [-0.4, -0.2) is 39.4 Å². The maximum Gasteiger partial charge on any atom is 0.231 e. The molecule has 0 spiro atoms. The molecule has 0 aliphatic carbocycles. The Balaban J connectivity index is 0.00000256. The van der Waals surface area contributed by atoms with Crippen molar-refractivity contribution >= 4 is 45.1 Å². The summed E-state index contributed by atoms with van der Waals surface area (Å²) in [6.07, 6.45) is 3.61. The number of nitrogens with two attached hydrogens (primary N) is 1. The number of hydrogen-bond donors (Lipinski definition) is 1. The van der Waals surface area contributed by atoms with E-state index >= 15 is 0 Å². The van der Waals surface area contributed by atoms with Gasteiger partial charge in [-0.3, -0.25) is 0 Å². The van der Waals surface area contributed by atoms with Gasteiger partial charge in [-0.1, -0.05) is 30.3 Å². The van der Waals surface area contributed by atoms with Crippen LogP contribution in [0.4, 0.5) is 5.95 Å². The average Bonchev–Trinajstić information content (AvgIpc) is 3.18. The van der Waals surface area contributed by atoms with Gasteiger partial charge in [0.15, 0.2) is 0 Å². The average molecular weight is 538 g/mol. The molecular weight excluding hydrogens is 511 g/mol. The molecule has 4 rings (SSSR count). The number of amidine groups is 1. The van der Waals surface area contributed by atoms with Crippen LogP contribution in [0.2, 0.25) is 0 Å². The SMILES string of the molecule is Cn1ccnc1N=C(N)S1(c2ccc(OCc3ccccc3)cc2)CCOCC1.I. The highest BCUT2D eigenvalue weighted by Gasteiger charge is 2.33. The van der Waals surface area contributed by atoms with Crippen molar-refractivity contribution in [1.29, 1.82) is 0 Å². The van der Waals surface area contributed by atoms with E-state index in [0.29, 0.717) is 30.9 Å². The lowest BCUT2D eigenvalue weighted by Gasteiger charge is -2.42. The number of imidazole rings is 1. The Hall–Kier alpha value is -2.04. The number of rotatable bonds is 5. The van der Waals surface area contributed by atoms with Crippen LogP contribution in [0.5, 0.6) is 5.75 Å². The van der Waals surface area contributed by atoms with E-state index in [9.17, 15) is 0 Å². The second-order valence-corrected chi connectivity index (χ2v) is 10.4. The zero-order valence-corrected chi connectivity index (χ0v) is 20.1. The summed E-state index contributed by atoms with van der Waals surface area (Å²) in [7, 11) is 0.483. The molecule has 0 radical (unpaired) electrons. The molecule has 0 bridgehead atoms. The third-order valence-corrected chi connectivity index (χ3v) is 8.88. The Morgan fingerprint density at radius 2 is 1.83 bits per heavy atom. The smallest absolute Gasteiger partial charge is 0.231 e. The van der Waals surface area contributed by atoms with Crippen molar-refractivity contribution in [2.24, 2.45) is 17.8 Å². The van der Waals surface area contributed by atoms with Gasteiger partial charge >= 0.3 is 0 Å². The number of benzene rings is 2.